The minimum absolute atomic E-state index is 0.105. The van der Waals surface area contributed by atoms with Crippen molar-refractivity contribution >= 4 is 22.7 Å². The molecule has 0 spiro atoms. The number of hydrogen-bond acceptors (Lipinski definition) is 3. The van der Waals surface area contributed by atoms with Crippen LogP contribution in [0.15, 0.2) is 34.2 Å². The maximum Gasteiger partial charge on any atom is 0.281 e. The lowest BCUT2D eigenvalue weighted by atomic mass is 10.2. The molecule has 15 heavy (non-hydrogen) atoms. The highest BCUT2D eigenvalue weighted by atomic mass is 32.2. The molecule has 0 fully saturated rings. The molecule has 0 bridgehead atoms. The van der Waals surface area contributed by atoms with E-state index in [-0.39, 0.29) is 5.56 Å². The van der Waals surface area contributed by atoms with Gasteiger partial charge >= 0.3 is 0 Å². The highest BCUT2D eigenvalue weighted by Gasteiger charge is 2.13. The summed E-state index contributed by atoms with van der Waals surface area (Å²) in [6.07, 6.45) is 1.15. The zero-order valence-electron chi connectivity index (χ0n) is 8.14. The molecule has 1 aliphatic heterocycles. The minimum Gasteiger partial charge on any atom is -0.320 e. The standard InChI is InChI=1S/C11H10N2OS/c14-10-8-4-1-2-5-9(8)13-6-3-7-15-11(13)12-10/h1-2,4-5H,3,6-7H2. The van der Waals surface area contributed by atoms with E-state index in [9.17, 15) is 4.79 Å². The van der Waals surface area contributed by atoms with E-state index in [4.69, 9.17) is 0 Å². The fourth-order valence-electron chi connectivity index (χ4n) is 1.91. The maximum atomic E-state index is 11.7. The highest BCUT2D eigenvalue weighted by Crippen LogP contribution is 2.24. The van der Waals surface area contributed by atoms with Crippen molar-refractivity contribution in [3.8, 4) is 0 Å². The van der Waals surface area contributed by atoms with Crippen LogP contribution in [0.5, 0.6) is 0 Å². The molecule has 0 unspecified atom stereocenters. The number of rotatable bonds is 0. The lowest BCUT2D eigenvalue weighted by molar-refractivity contribution is 0.602. The van der Waals surface area contributed by atoms with Crippen LogP contribution in [0.1, 0.15) is 6.42 Å². The van der Waals surface area contributed by atoms with Crippen LogP contribution in [0.25, 0.3) is 10.9 Å². The van der Waals surface area contributed by atoms with Crippen molar-refractivity contribution in [2.24, 2.45) is 0 Å². The molecule has 0 saturated heterocycles. The molecule has 2 aromatic rings. The fourth-order valence-corrected chi connectivity index (χ4v) is 2.86. The molecule has 3 rings (SSSR count). The van der Waals surface area contributed by atoms with E-state index in [0.717, 1.165) is 34.8 Å². The Kier molecular flexibility index (Phi) is 2.02. The number of thioether (sulfide) groups is 1. The third-order valence-corrected chi connectivity index (χ3v) is 3.67. The Hall–Kier alpha value is -1.29. The first-order chi connectivity index (χ1) is 7.36. The summed E-state index contributed by atoms with van der Waals surface area (Å²) < 4.78 is 2.14. The van der Waals surface area contributed by atoms with Gasteiger partial charge in [0, 0.05) is 12.3 Å². The van der Waals surface area contributed by atoms with Crippen LogP contribution in [-0.2, 0) is 6.54 Å². The molecule has 1 aromatic carbocycles. The third kappa shape index (κ3) is 1.36. The Bertz CT molecular complexity index is 576. The van der Waals surface area contributed by atoms with Gasteiger partial charge in [0.25, 0.3) is 5.56 Å². The van der Waals surface area contributed by atoms with Crippen molar-refractivity contribution in [3.63, 3.8) is 0 Å². The molecule has 1 aromatic heterocycles. The van der Waals surface area contributed by atoms with Gasteiger partial charge in [-0.15, -0.1) is 0 Å². The van der Waals surface area contributed by atoms with E-state index in [1.807, 2.05) is 24.3 Å². The first-order valence-electron chi connectivity index (χ1n) is 4.98. The van der Waals surface area contributed by atoms with Gasteiger partial charge < -0.3 is 4.57 Å². The minimum atomic E-state index is -0.105. The summed E-state index contributed by atoms with van der Waals surface area (Å²) in [5, 5.41) is 1.59. The number of aryl methyl sites for hydroxylation is 1. The topological polar surface area (TPSA) is 34.9 Å². The number of aromatic nitrogens is 2. The molecule has 3 nitrogen and oxygen atoms in total. The van der Waals surface area contributed by atoms with Crippen molar-refractivity contribution in [2.45, 2.75) is 18.1 Å². The molecule has 0 atom stereocenters. The van der Waals surface area contributed by atoms with Gasteiger partial charge in [-0.25, -0.2) is 0 Å². The molecule has 0 aliphatic carbocycles. The van der Waals surface area contributed by atoms with Crippen molar-refractivity contribution in [1.29, 1.82) is 0 Å². The van der Waals surface area contributed by atoms with Gasteiger partial charge in [-0.2, -0.15) is 4.98 Å². The van der Waals surface area contributed by atoms with Gasteiger partial charge in [-0.3, -0.25) is 4.79 Å². The number of fused-ring (bicyclic) bond motifs is 3. The van der Waals surface area contributed by atoms with Gasteiger partial charge in [-0.05, 0) is 18.6 Å². The molecule has 0 saturated carbocycles. The zero-order valence-corrected chi connectivity index (χ0v) is 8.96. The Morgan fingerprint density at radius 3 is 3.13 bits per heavy atom. The van der Waals surface area contributed by atoms with E-state index in [1.165, 1.54) is 0 Å². The van der Waals surface area contributed by atoms with Crippen molar-refractivity contribution in [3.05, 3.63) is 34.6 Å². The summed E-state index contributed by atoms with van der Waals surface area (Å²) in [7, 11) is 0. The second kappa shape index (κ2) is 3.38. The van der Waals surface area contributed by atoms with E-state index >= 15 is 0 Å². The number of para-hydroxylation sites is 1. The summed E-state index contributed by atoms with van der Waals surface area (Å²) >= 11 is 1.67. The second-order valence-electron chi connectivity index (χ2n) is 3.57. The first-order valence-corrected chi connectivity index (χ1v) is 5.97. The van der Waals surface area contributed by atoms with Gasteiger partial charge in [0.15, 0.2) is 5.16 Å². The summed E-state index contributed by atoms with van der Waals surface area (Å²) in [4.78, 5) is 15.8. The van der Waals surface area contributed by atoms with Gasteiger partial charge in [-0.1, -0.05) is 23.9 Å². The quantitative estimate of drug-likeness (QED) is 0.633. The Morgan fingerprint density at radius 2 is 2.20 bits per heavy atom. The van der Waals surface area contributed by atoms with E-state index in [0.29, 0.717) is 0 Å². The van der Waals surface area contributed by atoms with Gasteiger partial charge in [0.1, 0.15) is 0 Å². The van der Waals surface area contributed by atoms with Gasteiger partial charge in [0.05, 0.1) is 10.9 Å². The number of benzene rings is 1. The van der Waals surface area contributed by atoms with E-state index in [2.05, 4.69) is 9.55 Å². The van der Waals surface area contributed by atoms with Crippen molar-refractivity contribution in [2.75, 3.05) is 5.75 Å². The molecule has 0 radical (unpaired) electrons. The largest absolute Gasteiger partial charge is 0.320 e. The third-order valence-electron chi connectivity index (χ3n) is 2.61. The summed E-state index contributed by atoms with van der Waals surface area (Å²) in [6.45, 7) is 0.968. The van der Waals surface area contributed by atoms with Crippen LogP contribution in [0.4, 0.5) is 0 Å². The summed E-state index contributed by atoms with van der Waals surface area (Å²) in [6, 6.07) is 7.69. The van der Waals surface area contributed by atoms with Crippen LogP contribution < -0.4 is 5.56 Å². The Balaban J connectivity index is 2.45. The maximum absolute atomic E-state index is 11.7. The second-order valence-corrected chi connectivity index (χ2v) is 4.63. The predicted octanol–water partition coefficient (Wildman–Crippen LogP) is 1.89. The summed E-state index contributed by atoms with van der Waals surface area (Å²) in [5.74, 6) is 1.06. The number of nitrogens with zero attached hydrogens (tertiary/aromatic N) is 2. The Morgan fingerprint density at radius 1 is 1.33 bits per heavy atom. The van der Waals surface area contributed by atoms with Crippen LogP contribution in [-0.4, -0.2) is 15.3 Å². The van der Waals surface area contributed by atoms with Crippen molar-refractivity contribution in [1.82, 2.24) is 9.55 Å². The van der Waals surface area contributed by atoms with Gasteiger partial charge in [0.2, 0.25) is 0 Å². The smallest absolute Gasteiger partial charge is 0.281 e. The lowest BCUT2D eigenvalue weighted by Gasteiger charge is -2.18. The van der Waals surface area contributed by atoms with Crippen molar-refractivity contribution < 1.29 is 0 Å². The molecule has 0 N–H and O–H groups in total. The first kappa shape index (κ1) is 8.97. The number of hydrogen-bond donors (Lipinski definition) is 0. The Labute approximate surface area is 91.1 Å². The molecular formula is C11H10N2OS. The molecule has 2 heterocycles. The average Bonchev–Trinajstić information content (AvgIpc) is 2.30. The normalized spacial score (nSPS) is 15.2. The zero-order chi connectivity index (χ0) is 10.3. The SMILES string of the molecule is O=c1nc2n(c3ccccc13)CCCS2. The molecular weight excluding hydrogens is 208 g/mol. The molecule has 76 valence electrons. The van der Waals surface area contributed by atoms with E-state index in [1.54, 1.807) is 11.8 Å². The van der Waals surface area contributed by atoms with Crippen LogP contribution in [0.3, 0.4) is 0 Å². The molecule has 0 amide bonds. The van der Waals surface area contributed by atoms with Crippen LogP contribution in [0, 0.1) is 0 Å². The molecule has 4 heteroatoms. The van der Waals surface area contributed by atoms with Crippen LogP contribution in [0.2, 0.25) is 0 Å². The molecule has 1 aliphatic rings. The fraction of sp³-hybridized carbons (Fsp3) is 0.273. The monoisotopic (exact) mass is 218 g/mol. The summed E-state index contributed by atoms with van der Waals surface area (Å²) in [5.41, 5.74) is 0.908. The lowest BCUT2D eigenvalue weighted by Crippen LogP contribution is -2.19. The highest BCUT2D eigenvalue weighted by molar-refractivity contribution is 7.99. The predicted molar refractivity (Wildman–Crippen MR) is 61.3 cm³/mol. The van der Waals surface area contributed by atoms with E-state index < -0.39 is 0 Å². The average molecular weight is 218 g/mol. The van der Waals surface area contributed by atoms with Crippen LogP contribution >= 0.6 is 11.8 Å².